The highest BCUT2D eigenvalue weighted by Crippen LogP contribution is 2.45. The maximum atomic E-state index is 13.5. The molecule has 1 saturated heterocycles. The second-order valence-electron chi connectivity index (χ2n) is 7.59. The van der Waals surface area contributed by atoms with Gasteiger partial charge in [-0.1, -0.05) is 26.2 Å². The summed E-state index contributed by atoms with van der Waals surface area (Å²) < 4.78 is 40.0. The summed E-state index contributed by atoms with van der Waals surface area (Å²) in [5, 5.41) is 3.47. The van der Waals surface area contributed by atoms with Gasteiger partial charge < -0.3 is 14.8 Å². The van der Waals surface area contributed by atoms with E-state index < -0.39 is 10.0 Å². The van der Waals surface area contributed by atoms with Crippen LogP contribution in [0.3, 0.4) is 0 Å². The summed E-state index contributed by atoms with van der Waals surface area (Å²) in [6.45, 7) is 4.43. The fraction of sp³-hybridized carbons (Fsp3) is 0.684. The molecule has 2 fully saturated rings. The Morgan fingerprint density at radius 3 is 2.62 bits per heavy atom. The summed E-state index contributed by atoms with van der Waals surface area (Å²) in [5.41, 5.74) is -0.239. The van der Waals surface area contributed by atoms with Crippen LogP contribution in [0.5, 0.6) is 11.5 Å². The van der Waals surface area contributed by atoms with Gasteiger partial charge in [0.1, 0.15) is 13.2 Å². The Labute approximate surface area is 155 Å². The highest BCUT2D eigenvalue weighted by molar-refractivity contribution is 7.89. The zero-order valence-electron chi connectivity index (χ0n) is 15.4. The van der Waals surface area contributed by atoms with Crippen LogP contribution in [0.15, 0.2) is 23.1 Å². The van der Waals surface area contributed by atoms with Crippen LogP contribution in [-0.4, -0.2) is 50.6 Å². The maximum Gasteiger partial charge on any atom is 0.243 e. The molecular formula is C19H28N2O4S. The van der Waals surface area contributed by atoms with Crippen LogP contribution >= 0.6 is 0 Å². The van der Waals surface area contributed by atoms with Crippen molar-refractivity contribution in [2.24, 2.45) is 0 Å². The van der Waals surface area contributed by atoms with Crippen LogP contribution in [0.2, 0.25) is 0 Å². The van der Waals surface area contributed by atoms with Crippen LogP contribution in [-0.2, 0) is 10.0 Å². The molecule has 2 heterocycles. The molecule has 0 radical (unpaired) electrons. The molecule has 4 rings (SSSR count). The van der Waals surface area contributed by atoms with Crippen molar-refractivity contribution in [2.75, 3.05) is 26.3 Å². The molecule has 1 saturated carbocycles. The van der Waals surface area contributed by atoms with Crippen LogP contribution in [0.1, 0.15) is 45.4 Å². The molecular weight excluding hydrogens is 352 g/mol. The summed E-state index contributed by atoms with van der Waals surface area (Å²) in [5.74, 6) is 1.15. The second kappa shape index (κ2) is 7.02. The van der Waals surface area contributed by atoms with E-state index >= 15 is 0 Å². The Morgan fingerprint density at radius 2 is 1.88 bits per heavy atom. The van der Waals surface area contributed by atoms with Gasteiger partial charge in [-0.2, -0.15) is 4.31 Å². The normalized spacial score (nSPS) is 25.5. The molecule has 7 heteroatoms. The fourth-order valence-corrected chi connectivity index (χ4v) is 6.67. The van der Waals surface area contributed by atoms with Gasteiger partial charge in [0, 0.05) is 24.2 Å². The monoisotopic (exact) mass is 380 g/mol. The lowest BCUT2D eigenvalue weighted by Crippen LogP contribution is -2.48. The lowest BCUT2D eigenvalue weighted by Gasteiger charge is -2.40. The number of hydrogen-bond donors (Lipinski definition) is 1. The molecule has 0 aromatic heterocycles. The molecule has 2 aliphatic heterocycles. The van der Waals surface area contributed by atoms with Gasteiger partial charge in [0.2, 0.25) is 10.0 Å². The topological polar surface area (TPSA) is 67.9 Å². The van der Waals surface area contributed by atoms with Crippen molar-refractivity contribution in [3.05, 3.63) is 18.2 Å². The number of likely N-dealkylation sites (N-methyl/N-ethyl adjacent to an activating group) is 1. The van der Waals surface area contributed by atoms with E-state index in [-0.39, 0.29) is 11.6 Å². The summed E-state index contributed by atoms with van der Waals surface area (Å²) in [6.07, 6.45) is 6.23. The first-order valence-electron chi connectivity index (χ1n) is 9.71. The van der Waals surface area contributed by atoms with Crippen molar-refractivity contribution < 1.29 is 17.9 Å². The van der Waals surface area contributed by atoms with E-state index in [1.54, 1.807) is 22.5 Å². The first-order chi connectivity index (χ1) is 12.5. The van der Waals surface area contributed by atoms with E-state index in [4.69, 9.17) is 9.47 Å². The number of ether oxygens (including phenoxy) is 2. The van der Waals surface area contributed by atoms with Crippen LogP contribution in [0.4, 0.5) is 0 Å². The zero-order chi connectivity index (χ0) is 18.2. The van der Waals surface area contributed by atoms with E-state index in [9.17, 15) is 8.42 Å². The zero-order valence-corrected chi connectivity index (χ0v) is 16.2. The number of rotatable bonds is 4. The van der Waals surface area contributed by atoms with E-state index in [2.05, 4.69) is 12.2 Å². The molecule has 0 unspecified atom stereocenters. The molecule has 1 aromatic carbocycles. The van der Waals surface area contributed by atoms with Gasteiger partial charge in [0.05, 0.1) is 4.90 Å². The fourth-order valence-electron chi connectivity index (χ4n) is 4.77. The molecule has 0 amide bonds. The smallest absolute Gasteiger partial charge is 0.243 e. The van der Waals surface area contributed by atoms with Crippen LogP contribution in [0.25, 0.3) is 0 Å². The molecule has 1 N–H and O–H groups in total. The van der Waals surface area contributed by atoms with Crippen molar-refractivity contribution in [1.29, 1.82) is 0 Å². The van der Waals surface area contributed by atoms with Gasteiger partial charge in [0.15, 0.2) is 11.5 Å². The molecule has 1 aliphatic carbocycles. The molecule has 144 valence electrons. The van der Waals surface area contributed by atoms with Gasteiger partial charge >= 0.3 is 0 Å². The number of sulfonamides is 1. The molecule has 0 bridgehead atoms. The number of benzene rings is 1. The molecule has 1 atom stereocenters. The summed E-state index contributed by atoms with van der Waals surface area (Å²) >= 11 is 0. The van der Waals surface area contributed by atoms with E-state index in [0.717, 1.165) is 38.6 Å². The largest absolute Gasteiger partial charge is 0.486 e. The minimum absolute atomic E-state index is 0.227. The van der Waals surface area contributed by atoms with Gasteiger partial charge in [0.25, 0.3) is 0 Å². The summed E-state index contributed by atoms with van der Waals surface area (Å²) in [4.78, 5) is 0.309. The third kappa shape index (κ3) is 3.10. The van der Waals surface area contributed by atoms with Gasteiger partial charge in [-0.15, -0.1) is 0 Å². The number of nitrogens with zero attached hydrogens (tertiary/aromatic N) is 1. The Morgan fingerprint density at radius 1 is 1.15 bits per heavy atom. The Balaban J connectivity index is 1.68. The van der Waals surface area contributed by atoms with Gasteiger partial charge in [-0.05, 0) is 37.9 Å². The Hall–Kier alpha value is -1.31. The van der Waals surface area contributed by atoms with Crippen molar-refractivity contribution in [3.63, 3.8) is 0 Å². The van der Waals surface area contributed by atoms with Crippen LogP contribution in [0, 0.1) is 0 Å². The van der Waals surface area contributed by atoms with Crippen LogP contribution < -0.4 is 14.8 Å². The second-order valence-corrected chi connectivity index (χ2v) is 9.45. The third-order valence-corrected chi connectivity index (χ3v) is 7.89. The SMILES string of the molecule is CCN[C@@H]1CN(S(=O)(=O)c2ccc3c(c2)OCCO3)C2(CCCCC2)C1. The molecule has 1 spiro atoms. The highest BCUT2D eigenvalue weighted by Gasteiger charge is 2.51. The molecule has 1 aromatic rings. The van der Waals surface area contributed by atoms with E-state index in [1.165, 1.54) is 6.42 Å². The minimum atomic E-state index is -3.57. The standard InChI is InChI=1S/C19H28N2O4S/c1-2-20-15-13-19(8-4-3-5-9-19)21(14-15)26(22,23)16-6-7-17-18(12-16)25-11-10-24-17/h6-7,12,15,20H,2-5,8-11,13-14H2,1H3/t15-/m0/s1. The van der Waals surface area contributed by atoms with Gasteiger partial charge in [-0.25, -0.2) is 8.42 Å². The number of hydrogen-bond acceptors (Lipinski definition) is 5. The van der Waals surface area contributed by atoms with Crippen molar-refractivity contribution in [3.8, 4) is 11.5 Å². The first kappa shape index (κ1) is 18.1. The predicted octanol–water partition coefficient (Wildman–Crippen LogP) is 2.53. The number of nitrogens with one attached hydrogen (secondary N) is 1. The molecule has 6 nitrogen and oxygen atoms in total. The highest BCUT2D eigenvalue weighted by atomic mass is 32.2. The summed E-state index contributed by atoms with van der Waals surface area (Å²) in [7, 11) is -3.57. The third-order valence-electron chi connectivity index (χ3n) is 5.92. The maximum absolute atomic E-state index is 13.5. The van der Waals surface area contributed by atoms with E-state index in [1.807, 2.05) is 0 Å². The Bertz CT molecular complexity index is 759. The minimum Gasteiger partial charge on any atom is -0.486 e. The summed E-state index contributed by atoms with van der Waals surface area (Å²) in [6, 6.07) is 5.22. The lowest BCUT2D eigenvalue weighted by atomic mass is 9.80. The van der Waals surface area contributed by atoms with E-state index in [0.29, 0.717) is 36.2 Å². The van der Waals surface area contributed by atoms with Crippen molar-refractivity contribution in [1.82, 2.24) is 9.62 Å². The number of fused-ring (bicyclic) bond motifs is 1. The first-order valence-corrected chi connectivity index (χ1v) is 11.2. The average molecular weight is 381 g/mol. The lowest BCUT2D eigenvalue weighted by molar-refractivity contribution is 0.168. The molecule has 26 heavy (non-hydrogen) atoms. The quantitative estimate of drug-likeness (QED) is 0.869. The van der Waals surface area contributed by atoms with Crippen molar-refractivity contribution in [2.45, 2.75) is 61.9 Å². The predicted molar refractivity (Wildman–Crippen MR) is 99.2 cm³/mol. The molecule has 3 aliphatic rings. The Kier molecular flexibility index (Phi) is 4.88. The average Bonchev–Trinajstić information content (AvgIpc) is 3.00. The van der Waals surface area contributed by atoms with Gasteiger partial charge in [-0.3, -0.25) is 0 Å². The van der Waals surface area contributed by atoms with Crippen molar-refractivity contribution >= 4 is 10.0 Å².